The SMILES string of the molecule is COc1ccc(N2CCNCC2CN(C)C)cc1. The molecule has 0 aliphatic carbocycles. The number of hydrogen-bond donors (Lipinski definition) is 1. The van der Waals surface area contributed by atoms with E-state index >= 15 is 0 Å². The highest BCUT2D eigenvalue weighted by Gasteiger charge is 2.22. The quantitative estimate of drug-likeness (QED) is 0.863. The van der Waals surface area contributed by atoms with Crippen molar-refractivity contribution < 1.29 is 4.74 Å². The molecule has 0 bridgehead atoms. The van der Waals surface area contributed by atoms with Gasteiger partial charge in [-0.1, -0.05) is 0 Å². The van der Waals surface area contributed by atoms with Gasteiger partial charge in [-0.15, -0.1) is 0 Å². The van der Waals surface area contributed by atoms with Crippen LogP contribution in [0.4, 0.5) is 5.69 Å². The minimum Gasteiger partial charge on any atom is -0.497 e. The molecule has 1 saturated heterocycles. The molecule has 1 heterocycles. The van der Waals surface area contributed by atoms with Gasteiger partial charge >= 0.3 is 0 Å². The third-order valence-electron chi connectivity index (χ3n) is 3.33. The highest BCUT2D eigenvalue weighted by molar-refractivity contribution is 5.50. The fraction of sp³-hybridized carbons (Fsp3) is 0.571. The van der Waals surface area contributed by atoms with Crippen LogP contribution in [0.3, 0.4) is 0 Å². The zero-order chi connectivity index (χ0) is 13.0. The lowest BCUT2D eigenvalue weighted by Crippen LogP contribution is -2.55. The van der Waals surface area contributed by atoms with Crippen LogP contribution in [0.5, 0.6) is 5.75 Å². The molecule has 1 aromatic carbocycles. The Kier molecular flexibility index (Phi) is 4.44. The minimum absolute atomic E-state index is 0.530. The van der Waals surface area contributed by atoms with Crippen molar-refractivity contribution >= 4 is 5.69 Å². The van der Waals surface area contributed by atoms with Gasteiger partial charge in [0.1, 0.15) is 5.75 Å². The Balaban J connectivity index is 2.11. The van der Waals surface area contributed by atoms with Gasteiger partial charge in [0.2, 0.25) is 0 Å². The van der Waals surface area contributed by atoms with Crippen molar-refractivity contribution in [3.05, 3.63) is 24.3 Å². The molecule has 0 amide bonds. The Morgan fingerprint density at radius 2 is 2.06 bits per heavy atom. The van der Waals surface area contributed by atoms with Gasteiger partial charge in [-0.25, -0.2) is 0 Å². The Hall–Kier alpha value is -1.26. The summed E-state index contributed by atoms with van der Waals surface area (Å²) in [6.45, 7) is 4.23. The van der Waals surface area contributed by atoms with E-state index in [0.717, 1.165) is 31.9 Å². The van der Waals surface area contributed by atoms with E-state index in [2.05, 4.69) is 41.3 Å². The molecule has 1 unspecified atom stereocenters. The third-order valence-corrected chi connectivity index (χ3v) is 3.33. The van der Waals surface area contributed by atoms with Gasteiger partial charge in [0, 0.05) is 31.9 Å². The molecule has 0 spiro atoms. The highest BCUT2D eigenvalue weighted by Crippen LogP contribution is 2.22. The predicted octanol–water partition coefficient (Wildman–Crippen LogP) is 1.03. The first-order valence-electron chi connectivity index (χ1n) is 6.47. The van der Waals surface area contributed by atoms with E-state index in [1.54, 1.807) is 7.11 Å². The molecule has 1 N–H and O–H groups in total. The maximum atomic E-state index is 5.21. The summed E-state index contributed by atoms with van der Waals surface area (Å²) < 4.78 is 5.21. The van der Waals surface area contributed by atoms with Gasteiger partial charge in [0.25, 0.3) is 0 Å². The summed E-state index contributed by atoms with van der Waals surface area (Å²) in [6.07, 6.45) is 0. The fourth-order valence-corrected chi connectivity index (χ4v) is 2.46. The van der Waals surface area contributed by atoms with Gasteiger partial charge in [-0.05, 0) is 38.4 Å². The van der Waals surface area contributed by atoms with Gasteiger partial charge in [-0.2, -0.15) is 0 Å². The first-order valence-corrected chi connectivity index (χ1v) is 6.47. The van der Waals surface area contributed by atoms with Gasteiger partial charge in [0.15, 0.2) is 0 Å². The Morgan fingerprint density at radius 1 is 1.33 bits per heavy atom. The van der Waals surface area contributed by atoms with Crippen LogP contribution < -0.4 is 15.0 Å². The molecule has 0 aromatic heterocycles. The second kappa shape index (κ2) is 6.07. The van der Waals surface area contributed by atoms with Crippen LogP contribution in [-0.4, -0.2) is 58.3 Å². The van der Waals surface area contributed by atoms with Crippen LogP contribution in [0.25, 0.3) is 0 Å². The monoisotopic (exact) mass is 249 g/mol. The molecule has 1 aliphatic rings. The number of rotatable bonds is 4. The molecule has 2 rings (SSSR count). The minimum atomic E-state index is 0.530. The molecular formula is C14H23N3O. The molecule has 18 heavy (non-hydrogen) atoms. The van der Waals surface area contributed by atoms with Crippen LogP contribution in [0.1, 0.15) is 0 Å². The van der Waals surface area contributed by atoms with Gasteiger partial charge in [0.05, 0.1) is 13.2 Å². The van der Waals surface area contributed by atoms with Crippen LogP contribution in [-0.2, 0) is 0 Å². The summed E-state index contributed by atoms with van der Waals surface area (Å²) in [7, 11) is 5.95. The van der Waals surface area contributed by atoms with E-state index in [4.69, 9.17) is 4.74 Å². The first kappa shape index (κ1) is 13.2. The number of nitrogens with one attached hydrogen (secondary N) is 1. The number of ether oxygens (including phenoxy) is 1. The standard InChI is InChI=1S/C14H23N3O/c1-16(2)11-13-10-15-8-9-17(13)12-4-6-14(18-3)7-5-12/h4-7,13,15H,8-11H2,1-3H3. The highest BCUT2D eigenvalue weighted by atomic mass is 16.5. The zero-order valence-corrected chi connectivity index (χ0v) is 11.5. The normalized spacial score (nSPS) is 20.2. The predicted molar refractivity (Wildman–Crippen MR) is 75.6 cm³/mol. The molecule has 1 aliphatic heterocycles. The number of benzene rings is 1. The second-order valence-corrected chi connectivity index (χ2v) is 5.01. The van der Waals surface area contributed by atoms with E-state index in [1.165, 1.54) is 5.69 Å². The molecule has 100 valence electrons. The molecule has 4 heteroatoms. The van der Waals surface area contributed by atoms with Crippen molar-refractivity contribution in [3.63, 3.8) is 0 Å². The Labute approximate surface area is 110 Å². The molecule has 1 atom stereocenters. The zero-order valence-electron chi connectivity index (χ0n) is 11.5. The van der Waals surface area contributed by atoms with E-state index in [-0.39, 0.29) is 0 Å². The molecule has 0 saturated carbocycles. The average Bonchev–Trinajstić information content (AvgIpc) is 2.39. The fourth-order valence-electron chi connectivity index (χ4n) is 2.46. The first-order chi connectivity index (χ1) is 8.70. The average molecular weight is 249 g/mol. The van der Waals surface area contributed by atoms with E-state index in [0.29, 0.717) is 6.04 Å². The van der Waals surface area contributed by atoms with Crippen LogP contribution >= 0.6 is 0 Å². The summed E-state index contributed by atoms with van der Waals surface area (Å²) in [4.78, 5) is 4.73. The van der Waals surface area contributed by atoms with Gasteiger partial charge < -0.3 is 19.9 Å². The van der Waals surface area contributed by atoms with Crippen LogP contribution in [0.2, 0.25) is 0 Å². The number of hydrogen-bond acceptors (Lipinski definition) is 4. The number of piperazine rings is 1. The summed E-state index contributed by atoms with van der Waals surface area (Å²) in [5, 5.41) is 3.47. The van der Waals surface area contributed by atoms with E-state index in [9.17, 15) is 0 Å². The lowest BCUT2D eigenvalue weighted by atomic mass is 10.1. The topological polar surface area (TPSA) is 27.7 Å². The van der Waals surface area contributed by atoms with Crippen LogP contribution in [0.15, 0.2) is 24.3 Å². The van der Waals surface area contributed by atoms with Crippen molar-refractivity contribution in [2.75, 3.05) is 52.3 Å². The van der Waals surface area contributed by atoms with Crippen molar-refractivity contribution in [1.29, 1.82) is 0 Å². The summed E-state index contributed by atoms with van der Waals surface area (Å²) >= 11 is 0. The smallest absolute Gasteiger partial charge is 0.119 e. The number of anilines is 1. The number of nitrogens with zero attached hydrogens (tertiary/aromatic N) is 2. The second-order valence-electron chi connectivity index (χ2n) is 5.01. The lowest BCUT2D eigenvalue weighted by molar-refractivity contribution is 0.336. The Morgan fingerprint density at radius 3 is 2.67 bits per heavy atom. The lowest BCUT2D eigenvalue weighted by Gasteiger charge is -2.39. The number of likely N-dealkylation sites (N-methyl/N-ethyl adjacent to an activating group) is 1. The summed E-state index contributed by atoms with van der Waals surface area (Å²) in [6, 6.07) is 8.88. The van der Waals surface area contributed by atoms with Crippen molar-refractivity contribution in [3.8, 4) is 5.75 Å². The third kappa shape index (κ3) is 3.15. The van der Waals surface area contributed by atoms with Gasteiger partial charge in [-0.3, -0.25) is 0 Å². The molecule has 1 fully saturated rings. The summed E-state index contributed by atoms with van der Waals surface area (Å²) in [5.41, 5.74) is 1.28. The van der Waals surface area contributed by atoms with Crippen molar-refractivity contribution in [2.24, 2.45) is 0 Å². The van der Waals surface area contributed by atoms with Crippen molar-refractivity contribution in [2.45, 2.75) is 6.04 Å². The number of methoxy groups -OCH3 is 1. The van der Waals surface area contributed by atoms with E-state index in [1.807, 2.05) is 12.1 Å². The van der Waals surface area contributed by atoms with Crippen LogP contribution in [0, 0.1) is 0 Å². The summed E-state index contributed by atoms with van der Waals surface area (Å²) in [5.74, 6) is 0.915. The van der Waals surface area contributed by atoms with Crippen molar-refractivity contribution in [1.82, 2.24) is 10.2 Å². The Bertz CT molecular complexity index is 364. The van der Waals surface area contributed by atoms with E-state index < -0.39 is 0 Å². The largest absolute Gasteiger partial charge is 0.497 e. The molecule has 4 nitrogen and oxygen atoms in total. The maximum Gasteiger partial charge on any atom is 0.119 e. The maximum absolute atomic E-state index is 5.21. The molecule has 0 radical (unpaired) electrons. The molecular weight excluding hydrogens is 226 g/mol. The molecule has 1 aromatic rings.